The minimum Gasteiger partial charge on any atom is -0.364 e. The van der Waals surface area contributed by atoms with Crippen LogP contribution in [0.25, 0.3) is 0 Å². The molecule has 0 radical (unpaired) electrons. The van der Waals surface area contributed by atoms with Gasteiger partial charge in [0.05, 0.1) is 11.4 Å². The van der Waals surface area contributed by atoms with Crippen LogP contribution in [0.2, 0.25) is 0 Å². The lowest BCUT2D eigenvalue weighted by atomic mass is 10.1. The number of hydrogen-bond donors (Lipinski definition) is 1. The summed E-state index contributed by atoms with van der Waals surface area (Å²) in [7, 11) is -3.41. The van der Waals surface area contributed by atoms with Crippen molar-refractivity contribution in [3.05, 3.63) is 35.0 Å². The van der Waals surface area contributed by atoms with E-state index in [1.807, 2.05) is 20.8 Å². The zero-order valence-electron chi connectivity index (χ0n) is 18.2. The molecule has 3 rings (SSSR count). The van der Waals surface area contributed by atoms with E-state index in [1.54, 1.807) is 6.07 Å². The van der Waals surface area contributed by atoms with Crippen molar-refractivity contribution in [2.45, 2.75) is 39.4 Å². The Kier molecular flexibility index (Phi) is 9.75. The SMILES string of the molecule is CCNC(=NCCCc1c(C)noc1C)N1CCN(S(=O)(=O)Cc2ccon2)CC1.I. The summed E-state index contributed by atoms with van der Waals surface area (Å²) in [6.45, 7) is 9.37. The summed E-state index contributed by atoms with van der Waals surface area (Å²) in [6.07, 6.45) is 3.15. The van der Waals surface area contributed by atoms with Crippen LogP contribution in [0.5, 0.6) is 0 Å². The molecule has 1 fully saturated rings. The Bertz CT molecular complexity index is 917. The molecule has 31 heavy (non-hydrogen) atoms. The van der Waals surface area contributed by atoms with Gasteiger partial charge in [-0.15, -0.1) is 24.0 Å². The number of aryl methyl sites for hydroxylation is 2. The predicted molar refractivity (Wildman–Crippen MR) is 128 cm³/mol. The van der Waals surface area contributed by atoms with Gasteiger partial charge >= 0.3 is 0 Å². The second-order valence-electron chi connectivity index (χ2n) is 7.28. The van der Waals surface area contributed by atoms with Crippen LogP contribution < -0.4 is 5.32 Å². The molecule has 0 aromatic carbocycles. The Morgan fingerprint density at radius 3 is 2.55 bits per heavy atom. The number of nitrogens with one attached hydrogen (secondary N) is 1. The lowest BCUT2D eigenvalue weighted by Crippen LogP contribution is -2.53. The number of sulfonamides is 1. The third-order valence-corrected chi connectivity index (χ3v) is 6.93. The first-order chi connectivity index (χ1) is 14.4. The normalized spacial score (nSPS) is 15.7. The topological polar surface area (TPSA) is 117 Å². The molecule has 0 amide bonds. The highest BCUT2D eigenvalue weighted by Gasteiger charge is 2.29. The fraction of sp³-hybridized carbons (Fsp3) is 0.632. The lowest BCUT2D eigenvalue weighted by Gasteiger charge is -2.35. The van der Waals surface area contributed by atoms with Crippen molar-refractivity contribution >= 4 is 40.0 Å². The lowest BCUT2D eigenvalue weighted by molar-refractivity contribution is 0.260. The van der Waals surface area contributed by atoms with E-state index in [0.717, 1.165) is 42.4 Å². The summed E-state index contributed by atoms with van der Waals surface area (Å²) in [5, 5.41) is 11.0. The largest absolute Gasteiger partial charge is 0.364 e. The van der Waals surface area contributed by atoms with Gasteiger partial charge < -0.3 is 19.3 Å². The molecule has 2 aromatic rings. The molecule has 174 valence electrons. The van der Waals surface area contributed by atoms with Crippen LogP contribution in [0.15, 0.2) is 26.4 Å². The van der Waals surface area contributed by atoms with Crippen molar-refractivity contribution in [2.24, 2.45) is 4.99 Å². The standard InChI is InChI=1S/C19H30N6O4S.HI/c1-4-20-19(21-8-5-6-18-15(2)22-29-16(18)3)24-9-11-25(12-10-24)30(26,27)14-17-7-13-28-23-17;/h7,13H,4-6,8-12,14H2,1-3H3,(H,20,21);1H. The molecule has 0 unspecified atom stereocenters. The van der Waals surface area contributed by atoms with Crippen molar-refractivity contribution in [1.82, 2.24) is 24.8 Å². The van der Waals surface area contributed by atoms with Crippen LogP contribution in [0, 0.1) is 13.8 Å². The number of aliphatic imine (C=N–C) groups is 1. The monoisotopic (exact) mass is 566 g/mol. The van der Waals surface area contributed by atoms with Gasteiger partial charge in [0.25, 0.3) is 0 Å². The third kappa shape index (κ3) is 6.91. The number of guanidine groups is 1. The van der Waals surface area contributed by atoms with E-state index in [1.165, 1.54) is 10.6 Å². The number of halogens is 1. The second kappa shape index (κ2) is 11.8. The first kappa shape index (κ1) is 25.6. The first-order valence-electron chi connectivity index (χ1n) is 10.2. The van der Waals surface area contributed by atoms with Crippen molar-refractivity contribution in [2.75, 3.05) is 39.3 Å². The minimum atomic E-state index is -3.41. The fourth-order valence-corrected chi connectivity index (χ4v) is 4.92. The van der Waals surface area contributed by atoms with Gasteiger partial charge in [-0.2, -0.15) is 4.31 Å². The summed E-state index contributed by atoms with van der Waals surface area (Å²) in [4.78, 5) is 6.85. The molecule has 0 aliphatic carbocycles. The first-order valence-corrected chi connectivity index (χ1v) is 11.8. The Morgan fingerprint density at radius 1 is 1.23 bits per heavy atom. The molecule has 10 nitrogen and oxygen atoms in total. The zero-order valence-corrected chi connectivity index (χ0v) is 21.4. The number of hydrogen-bond acceptors (Lipinski definition) is 7. The van der Waals surface area contributed by atoms with Gasteiger partial charge in [0.15, 0.2) is 5.96 Å². The third-order valence-electron chi connectivity index (χ3n) is 5.12. The van der Waals surface area contributed by atoms with E-state index in [9.17, 15) is 8.42 Å². The quantitative estimate of drug-likeness (QED) is 0.223. The zero-order chi connectivity index (χ0) is 21.6. The molecular weight excluding hydrogens is 535 g/mol. The molecular formula is C19H31IN6O4S. The highest BCUT2D eigenvalue weighted by Crippen LogP contribution is 2.15. The minimum absolute atomic E-state index is 0. The van der Waals surface area contributed by atoms with E-state index in [0.29, 0.717) is 38.4 Å². The maximum Gasteiger partial charge on any atom is 0.220 e. The van der Waals surface area contributed by atoms with E-state index < -0.39 is 10.0 Å². The van der Waals surface area contributed by atoms with Crippen molar-refractivity contribution in [3.63, 3.8) is 0 Å². The van der Waals surface area contributed by atoms with Gasteiger partial charge in [-0.1, -0.05) is 10.3 Å². The van der Waals surface area contributed by atoms with Crippen LogP contribution in [-0.4, -0.2) is 73.2 Å². The molecule has 0 spiro atoms. The summed E-state index contributed by atoms with van der Waals surface area (Å²) in [6, 6.07) is 1.58. The van der Waals surface area contributed by atoms with Gasteiger partial charge in [-0.3, -0.25) is 4.99 Å². The molecule has 1 N–H and O–H groups in total. The number of aromatic nitrogens is 2. The van der Waals surface area contributed by atoms with Crippen LogP contribution in [0.3, 0.4) is 0 Å². The van der Waals surface area contributed by atoms with E-state index in [-0.39, 0.29) is 29.7 Å². The average molecular weight is 566 g/mol. The van der Waals surface area contributed by atoms with Crippen LogP contribution in [0.4, 0.5) is 0 Å². The highest BCUT2D eigenvalue weighted by molar-refractivity contribution is 14.0. The highest BCUT2D eigenvalue weighted by atomic mass is 127. The summed E-state index contributed by atoms with van der Waals surface area (Å²) in [5.41, 5.74) is 2.51. The van der Waals surface area contributed by atoms with Crippen LogP contribution in [0.1, 0.15) is 36.1 Å². The number of piperazine rings is 1. The van der Waals surface area contributed by atoms with Gasteiger partial charge in [-0.25, -0.2) is 8.42 Å². The Morgan fingerprint density at radius 2 is 1.97 bits per heavy atom. The maximum atomic E-state index is 12.6. The van der Waals surface area contributed by atoms with Gasteiger partial charge in [-0.05, 0) is 33.6 Å². The van der Waals surface area contributed by atoms with Crippen molar-refractivity contribution in [3.8, 4) is 0 Å². The van der Waals surface area contributed by atoms with Gasteiger partial charge in [0.1, 0.15) is 17.8 Å². The molecule has 2 aromatic heterocycles. The Balaban J connectivity index is 0.00000341. The van der Waals surface area contributed by atoms with E-state index in [2.05, 4.69) is 20.5 Å². The molecule has 1 aliphatic rings. The summed E-state index contributed by atoms with van der Waals surface area (Å²) in [5.74, 6) is 1.55. The average Bonchev–Trinajstić information content (AvgIpc) is 3.34. The fourth-order valence-electron chi connectivity index (χ4n) is 3.49. The van der Waals surface area contributed by atoms with E-state index >= 15 is 0 Å². The number of rotatable bonds is 8. The predicted octanol–water partition coefficient (Wildman–Crippen LogP) is 1.94. The molecule has 1 aliphatic heterocycles. The molecule has 0 atom stereocenters. The Labute approximate surface area is 200 Å². The van der Waals surface area contributed by atoms with Crippen LogP contribution >= 0.6 is 24.0 Å². The molecule has 0 saturated carbocycles. The summed E-state index contributed by atoms with van der Waals surface area (Å²) < 4.78 is 36.7. The van der Waals surface area contributed by atoms with Crippen molar-refractivity contribution < 1.29 is 17.5 Å². The smallest absolute Gasteiger partial charge is 0.220 e. The van der Waals surface area contributed by atoms with Crippen molar-refractivity contribution in [1.29, 1.82) is 0 Å². The summed E-state index contributed by atoms with van der Waals surface area (Å²) >= 11 is 0. The molecule has 3 heterocycles. The van der Waals surface area contributed by atoms with E-state index in [4.69, 9.17) is 14.0 Å². The second-order valence-corrected chi connectivity index (χ2v) is 9.24. The van der Waals surface area contributed by atoms with Crippen LogP contribution in [-0.2, 0) is 22.2 Å². The maximum absolute atomic E-state index is 12.6. The van der Waals surface area contributed by atoms with Gasteiger partial charge in [0.2, 0.25) is 10.0 Å². The molecule has 1 saturated heterocycles. The van der Waals surface area contributed by atoms with Gasteiger partial charge in [0, 0.05) is 50.9 Å². The molecule has 0 bridgehead atoms. The number of nitrogens with zero attached hydrogens (tertiary/aromatic N) is 5. The molecule has 12 heteroatoms. The Hall–Kier alpha value is -1.67.